The standard InChI is InChI=1S/C24H31ClN2O2S/c1-5-18(3)26-24(29)19(4)27(16-20-7-6-8-21(25)15-20)23(28)13-14-30-22-11-9-17(2)10-12-22/h6-12,15,18-19H,5,13-14,16H2,1-4H3,(H,26,29)/t18-,19+/m1/s1. The van der Waals surface area contributed by atoms with Crippen molar-refractivity contribution in [1.82, 2.24) is 10.2 Å². The number of benzene rings is 2. The maximum Gasteiger partial charge on any atom is 0.242 e. The molecule has 0 heterocycles. The van der Waals surface area contributed by atoms with Gasteiger partial charge in [-0.2, -0.15) is 0 Å². The summed E-state index contributed by atoms with van der Waals surface area (Å²) in [5, 5.41) is 3.60. The summed E-state index contributed by atoms with van der Waals surface area (Å²) in [7, 11) is 0. The lowest BCUT2D eigenvalue weighted by Crippen LogP contribution is -2.49. The van der Waals surface area contributed by atoms with Gasteiger partial charge in [-0.15, -0.1) is 11.8 Å². The van der Waals surface area contributed by atoms with Gasteiger partial charge in [-0.3, -0.25) is 9.59 Å². The third kappa shape index (κ3) is 7.69. The summed E-state index contributed by atoms with van der Waals surface area (Å²) < 4.78 is 0. The van der Waals surface area contributed by atoms with Gasteiger partial charge in [-0.05, 0) is 57.0 Å². The quantitative estimate of drug-likeness (QED) is 0.493. The number of carbonyl (C=O) groups excluding carboxylic acids is 2. The van der Waals surface area contributed by atoms with Crippen LogP contribution in [0.3, 0.4) is 0 Å². The molecular weight excluding hydrogens is 416 g/mol. The molecule has 0 aliphatic rings. The summed E-state index contributed by atoms with van der Waals surface area (Å²) in [6.45, 7) is 8.17. The average Bonchev–Trinajstić information content (AvgIpc) is 2.72. The van der Waals surface area contributed by atoms with Crippen LogP contribution < -0.4 is 5.32 Å². The molecule has 162 valence electrons. The number of aryl methyl sites for hydroxylation is 1. The Hall–Kier alpha value is -1.98. The Morgan fingerprint density at radius 1 is 1.13 bits per heavy atom. The smallest absolute Gasteiger partial charge is 0.242 e. The summed E-state index contributed by atoms with van der Waals surface area (Å²) in [5.74, 6) is 0.487. The highest BCUT2D eigenvalue weighted by Gasteiger charge is 2.26. The number of hydrogen-bond acceptors (Lipinski definition) is 3. The van der Waals surface area contributed by atoms with E-state index >= 15 is 0 Å². The number of thioether (sulfide) groups is 1. The normalized spacial score (nSPS) is 12.8. The summed E-state index contributed by atoms with van der Waals surface area (Å²) in [4.78, 5) is 28.6. The lowest BCUT2D eigenvalue weighted by molar-refractivity contribution is -0.140. The first-order valence-corrected chi connectivity index (χ1v) is 11.7. The van der Waals surface area contributed by atoms with Gasteiger partial charge >= 0.3 is 0 Å². The van der Waals surface area contributed by atoms with Crippen molar-refractivity contribution in [1.29, 1.82) is 0 Å². The molecule has 0 aromatic heterocycles. The molecule has 4 nitrogen and oxygen atoms in total. The molecule has 0 saturated carbocycles. The van der Waals surface area contributed by atoms with E-state index in [0.717, 1.165) is 16.9 Å². The van der Waals surface area contributed by atoms with Gasteiger partial charge in [0.2, 0.25) is 11.8 Å². The second-order valence-corrected chi connectivity index (χ2v) is 9.16. The van der Waals surface area contributed by atoms with Crippen LogP contribution >= 0.6 is 23.4 Å². The maximum absolute atomic E-state index is 13.1. The van der Waals surface area contributed by atoms with Gasteiger partial charge in [-0.25, -0.2) is 0 Å². The molecule has 1 N–H and O–H groups in total. The second kappa shape index (κ2) is 12.0. The zero-order valence-electron chi connectivity index (χ0n) is 18.2. The van der Waals surface area contributed by atoms with Crippen LogP contribution in [-0.4, -0.2) is 34.6 Å². The highest BCUT2D eigenvalue weighted by atomic mass is 35.5. The Labute approximate surface area is 189 Å². The van der Waals surface area contributed by atoms with Crippen LogP contribution in [0.2, 0.25) is 5.02 Å². The number of carbonyl (C=O) groups is 2. The van der Waals surface area contributed by atoms with Crippen LogP contribution in [0.4, 0.5) is 0 Å². The molecule has 0 spiro atoms. The fourth-order valence-electron chi connectivity index (χ4n) is 2.91. The predicted molar refractivity (Wildman–Crippen MR) is 126 cm³/mol. The van der Waals surface area contributed by atoms with Crippen molar-refractivity contribution in [3.8, 4) is 0 Å². The summed E-state index contributed by atoms with van der Waals surface area (Å²) in [6, 6.07) is 15.2. The van der Waals surface area contributed by atoms with E-state index in [4.69, 9.17) is 11.6 Å². The Morgan fingerprint density at radius 3 is 2.47 bits per heavy atom. The fraction of sp³-hybridized carbons (Fsp3) is 0.417. The van der Waals surface area contributed by atoms with Crippen molar-refractivity contribution < 1.29 is 9.59 Å². The number of nitrogens with one attached hydrogen (secondary N) is 1. The van der Waals surface area contributed by atoms with E-state index in [1.165, 1.54) is 5.56 Å². The summed E-state index contributed by atoms with van der Waals surface area (Å²) >= 11 is 7.76. The van der Waals surface area contributed by atoms with Crippen molar-refractivity contribution in [2.75, 3.05) is 5.75 Å². The van der Waals surface area contributed by atoms with Crippen LogP contribution in [0, 0.1) is 6.92 Å². The lowest BCUT2D eigenvalue weighted by atomic mass is 10.1. The minimum atomic E-state index is -0.560. The van der Waals surface area contributed by atoms with Gasteiger partial charge in [0.05, 0.1) is 0 Å². The lowest BCUT2D eigenvalue weighted by Gasteiger charge is -2.29. The zero-order chi connectivity index (χ0) is 22.1. The minimum Gasteiger partial charge on any atom is -0.352 e. The van der Waals surface area contributed by atoms with Crippen molar-refractivity contribution in [2.24, 2.45) is 0 Å². The fourth-order valence-corrected chi connectivity index (χ4v) is 3.97. The summed E-state index contributed by atoms with van der Waals surface area (Å²) in [6.07, 6.45) is 1.20. The highest BCUT2D eigenvalue weighted by Crippen LogP contribution is 2.21. The van der Waals surface area contributed by atoms with Gasteiger partial charge in [-0.1, -0.05) is 48.4 Å². The number of hydrogen-bond donors (Lipinski definition) is 1. The molecule has 2 aromatic carbocycles. The molecule has 2 amide bonds. The van der Waals surface area contributed by atoms with Crippen LogP contribution in [-0.2, 0) is 16.1 Å². The second-order valence-electron chi connectivity index (χ2n) is 7.56. The predicted octanol–water partition coefficient (Wildman–Crippen LogP) is 5.46. The van der Waals surface area contributed by atoms with Crippen molar-refractivity contribution in [3.05, 3.63) is 64.7 Å². The first-order valence-electron chi connectivity index (χ1n) is 10.3. The maximum atomic E-state index is 13.1. The van der Waals surface area contributed by atoms with Crippen molar-refractivity contribution in [2.45, 2.75) is 64.1 Å². The van der Waals surface area contributed by atoms with Crippen LogP contribution in [0.5, 0.6) is 0 Å². The van der Waals surface area contributed by atoms with E-state index < -0.39 is 6.04 Å². The van der Waals surface area contributed by atoms with Gasteiger partial charge in [0, 0.05) is 34.7 Å². The van der Waals surface area contributed by atoms with Crippen LogP contribution in [0.25, 0.3) is 0 Å². The Kier molecular flexibility index (Phi) is 9.73. The average molecular weight is 447 g/mol. The largest absolute Gasteiger partial charge is 0.352 e. The topological polar surface area (TPSA) is 49.4 Å². The van der Waals surface area contributed by atoms with Crippen LogP contribution in [0.1, 0.15) is 44.7 Å². The number of nitrogens with zero attached hydrogens (tertiary/aromatic N) is 1. The van der Waals surface area contributed by atoms with Crippen molar-refractivity contribution >= 4 is 35.2 Å². The molecule has 2 aromatic rings. The number of rotatable bonds is 10. The van der Waals surface area contributed by atoms with E-state index in [1.807, 2.05) is 32.0 Å². The molecule has 0 fully saturated rings. The van der Waals surface area contributed by atoms with Gasteiger partial charge < -0.3 is 10.2 Å². The van der Waals surface area contributed by atoms with E-state index in [0.29, 0.717) is 23.7 Å². The molecule has 0 aliphatic heterocycles. The molecule has 0 unspecified atom stereocenters. The molecule has 0 radical (unpaired) electrons. The number of amides is 2. The molecule has 30 heavy (non-hydrogen) atoms. The molecule has 6 heteroatoms. The molecule has 0 aliphatic carbocycles. The molecule has 0 bridgehead atoms. The zero-order valence-corrected chi connectivity index (χ0v) is 19.7. The monoisotopic (exact) mass is 446 g/mol. The first-order chi connectivity index (χ1) is 14.3. The summed E-state index contributed by atoms with van der Waals surface area (Å²) in [5.41, 5.74) is 2.12. The Balaban J connectivity index is 2.07. The molecule has 2 rings (SSSR count). The number of halogens is 1. The van der Waals surface area contributed by atoms with E-state index in [2.05, 4.69) is 36.5 Å². The minimum absolute atomic E-state index is 0.0404. The SMILES string of the molecule is CC[C@@H](C)NC(=O)[C@H](C)N(Cc1cccc(Cl)c1)C(=O)CCSc1ccc(C)cc1. The first kappa shape index (κ1) is 24.3. The van der Waals surface area contributed by atoms with Gasteiger partial charge in [0.1, 0.15) is 6.04 Å². The van der Waals surface area contributed by atoms with E-state index in [1.54, 1.807) is 29.7 Å². The molecular formula is C24H31ClN2O2S. The van der Waals surface area contributed by atoms with Crippen molar-refractivity contribution in [3.63, 3.8) is 0 Å². The van der Waals surface area contributed by atoms with Gasteiger partial charge in [0.25, 0.3) is 0 Å². The van der Waals surface area contributed by atoms with Gasteiger partial charge in [0.15, 0.2) is 0 Å². The third-order valence-electron chi connectivity index (χ3n) is 5.02. The Bertz CT molecular complexity index is 841. The van der Waals surface area contributed by atoms with E-state index in [-0.39, 0.29) is 17.9 Å². The van der Waals surface area contributed by atoms with Crippen LogP contribution in [0.15, 0.2) is 53.4 Å². The third-order valence-corrected chi connectivity index (χ3v) is 6.26. The highest BCUT2D eigenvalue weighted by molar-refractivity contribution is 7.99. The Morgan fingerprint density at radius 2 is 1.83 bits per heavy atom. The molecule has 0 saturated heterocycles. The molecule has 2 atom stereocenters. The van der Waals surface area contributed by atoms with E-state index in [9.17, 15) is 9.59 Å².